The molecule has 53 valence electrons. The van der Waals surface area contributed by atoms with Crippen molar-refractivity contribution in [2.45, 2.75) is 0 Å². The van der Waals surface area contributed by atoms with Crippen LogP contribution in [0.5, 0.6) is 0 Å². The van der Waals surface area contributed by atoms with Gasteiger partial charge in [0.05, 0.1) is 0 Å². The number of hydrogen-bond acceptors (Lipinski definition) is 0. The SMILES string of the molecule is Clc1cc(Cl)c([Se])c(Cl)c1. The van der Waals surface area contributed by atoms with Crippen LogP contribution in [0.3, 0.4) is 0 Å². The van der Waals surface area contributed by atoms with Gasteiger partial charge in [0.2, 0.25) is 0 Å². The first kappa shape index (κ1) is 8.70. The first-order valence-electron chi connectivity index (χ1n) is 2.43. The quantitative estimate of drug-likeness (QED) is 0.628. The summed E-state index contributed by atoms with van der Waals surface area (Å²) in [5, 5.41) is 1.66. The topological polar surface area (TPSA) is 0 Å². The average molecular weight is 259 g/mol. The number of halogens is 3. The molecule has 0 N–H and O–H groups in total. The summed E-state index contributed by atoms with van der Waals surface area (Å²) < 4.78 is 0.743. The van der Waals surface area contributed by atoms with Crippen LogP contribution in [-0.2, 0) is 0 Å². The Bertz CT molecular complexity index is 236. The van der Waals surface area contributed by atoms with Crippen LogP contribution in [0.15, 0.2) is 12.1 Å². The van der Waals surface area contributed by atoms with E-state index in [2.05, 4.69) is 16.0 Å². The summed E-state index contributed by atoms with van der Waals surface area (Å²) in [6, 6.07) is 3.28. The van der Waals surface area contributed by atoms with E-state index in [1.165, 1.54) is 0 Å². The van der Waals surface area contributed by atoms with Gasteiger partial charge in [0.1, 0.15) is 0 Å². The zero-order valence-corrected chi connectivity index (χ0v) is 8.68. The van der Waals surface area contributed by atoms with Crippen molar-refractivity contribution >= 4 is 55.3 Å². The van der Waals surface area contributed by atoms with Crippen LogP contribution in [0.25, 0.3) is 0 Å². The Morgan fingerprint density at radius 2 is 1.40 bits per heavy atom. The van der Waals surface area contributed by atoms with E-state index in [1.807, 2.05) is 0 Å². The van der Waals surface area contributed by atoms with Gasteiger partial charge in [-0.05, 0) is 0 Å². The van der Waals surface area contributed by atoms with Crippen LogP contribution in [0.4, 0.5) is 0 Å². The standard InChI is InChI=1S/C6H2Cl3Se/c7-3-1-4(8)6(10)5(9)2-3/h1-2H. The Morgan fingerprint density at radius 1 is 1.00 bits per heavy atom. The van der Waals surface area contributed by atoms with Crippen LogP contribution in [0.2, 0.25) is 15.1 Å². The molecule has 0 saturated heterocycles. The van der Waals surface area contributed by atoms with Crippen LogP contribution in [-0.4, -0.2) is 16.0 Å². The molecular weight excluding hydrogens is 257 g/mol. The van der Waals surface area contributed by atoms with Crippen molar-refractivity contribution in [1.29, 1.82) is 0 Å². The molecule has 0 bridgehead atoms. The molecule has 0 fully saturated rings. The third kappa shape index (κ3) is 1.81. The van der Waals surface area contributed by atoms with E-state index in [1.54, 1.807) is 12.1 Å². The van der Waals surface area contributed by atoms with Gasteiger partial charge in [-0.15, -0.1) is 0 Å². The monoisotopic (exact) mass is 259 g/mol. The van der Waals surface area contributed by atoms with Crippen molar-refractivity contribution in [3.8, 4) is 0 Å². The van der Waals surface area contributed by atoms with Crippen molar-refractivity contribution < 1.29 is 0 Å². The molecule has 0 amide bonds. The molecule has 0 saturated carbocycles. The summed E-state index contributed by atoms with van der Waals surface area (Å²) in [7, 11) is 0. The third-order valence-electron chi connectivity index (χ3n) is 0.963. The van der Waals surface area contributed by atoms with E-state index in [0.717, 1.165) is 4.46 Å². The number of benzene rings is 1. The van der Waals surface area contributed by atoms with Crippen molar-refractivity contribution in [3.63, 3.8) is 0 Å². The fourth-order valence-electron chi connectivity index (χ4n) is 0.529. The first-order chi connectivity index (χ1) is 4.61. The van der Waals surface area contributed by atoms with E-state index in [4.69, 9.17) is 34.8 Å². The first-order valence-corrected chi connectivity index (χ1v) is 4.42. The molecule has 0 spiro atoms. The fourth-order valence-corrected chi connectivity index (χ4v) is 1.59. The van der Waals surface area contributed by atoms with Gasteiger partial charge in [-0.25, -0.2) is 0 Å². The summed E-state index contributed by atoms with van der Waals surface area (Å²) in [6.45, 7) is 0. The molecule has 4 heteroatoms. The summed E-state index contributed by atoms with van der Waals surface area (Å²) in [6.07, 6.45) is 0. The molecule has 0 aliphatic carbocycles. The zero-order valence-electron chi connectivity index (χ0n) is 4.70. The summed E-state index contributed by atoms with van der Waals surface area (Å²) in [4.78, 5) is 0. The van der Waals surface area contributed by atoms with Crippen LogP contribution in [0.1, 0.15) is 0 Å². The van der Waals surface area contributed by atoms with Gasteiger partial charge in [-0.1, -0.05) is 0 Å². The zero-order chi connectivity index (χ0) is 7.72. The Balaban J connectivity index is 3.31. The predicted molar refractivity (Wildman–Crippen MR) is 46.9 cm³/mol. The van der Waals surface area contributed by atoms with Gasteiger partial charge in [0, 0.05) is 0 Å². The molecule has 0 aliphatic heterocycles. The van der Waals surface area contributed by atoms with E-state index < -0.39 is 0 Å². The van der Waals surface area contributed by atoms with Crippen molar-refractivity contribution in [2.75, 3.05) is 0 Å². The fraction of sp³-hybridized carbons (Fsp3) is 0. The second kappa shape index (κ2) is 3.34. The summed E-state index contributed by atoms with van der Waals surface area (Å²) in [5.74, 6) is 0. The summed E-state index contributed by atoms with van der Waals surface area (Å²) >= 11 is 19.8. The van der Waals surface area contributed by atoms with Crippen LogP contribution < -0.4 is 4.46 Å². The number of hydrogen-bond donors (Lipinski definition) is 0. The molecule has 0 aliphatic rings. The van der Waals surface area contributed by atoms with Gasteiger partial charge >= 0.3 is 82.5 Å². The Labute approximate surface area is 82.3 Å². The molecule has 0 nitrogen and oxygen atoms in total. The van der Waals surface area contributed by atoms with Gasteiger partial charge in [-0.3, -0.25) is 0 Å². The minimum absolute atomic E-state index is 0.550. The maximum atomic E-state index is 5.72. The molecular formula is C6H2Cl3Se. The average Bonchev–Trinajstić information content (AvgIpc) is 1.82. The van der Waals surface area contributed by atoms with Gasteiger partial charge in [-0.2, -0.15) is 0 Å². The van der Waals surface area contributed by atoms with Gasteiger partial charge in [0.25, 0.3) is 0 Å². The molecule has 1 aromatic rings. The van der Waals surface area contributed by atoms with Crippen molar-refractivity contribution in [3.05, 3.63) is 27.2 Å². The van der Waals surface area contributed by atoms with Gasteiger partial charge < -0.3 is 0 Å². The molecule has 1 radical (unpaired) electrons. The van der Waals surface area contributed by atoms with E-state index in [-0.39, 0.29) is 0 Å². The molecule has 0 unspecified atom stereocenters. The second-order valence-electron chi connectivity index (χ2n) is 1.70. The Kier molecular flexibility index (Phi) is 2.90. The normalized spacial score (nSPS) is 9.90. The van der Waals surface area contributed by atoms with Crippen LogP contribution >= 0.6 is 34.8 Å². The summed E-state index contributed by atoms with van der Waals surface area (Å²) in [5.41, 5.74) is 0. The molecule has 1 rings (SSSR count). The predicted octanol–water partition coefficient (Wildman–Crippen LogP) is 2.44. The molecule has 1 aromatic carbocycles. The molecule has 0 heterocycles. The second-order valence-corrected chi connectivity index (χ2v) is 3.81. The maximum absolute atomic E-state index is 5.72. The van der Waals surface area contributed by atoms with E-state index in [0.29, 0.717) is 15.1 Å². The van der Waals surface area contributed by atoms with Gasteiger partial charge in [0.15, 0.2) is 0 Å². The molecule has 10 heavy (non-hydrogen) atoms. The Hall–Kier alpha value is 0.609. The molecule has 0 aromatic heterocycles. The molecule has 0 atom stereocenters. The van der Waals surface area contributed by atoms with Crippen molar-refractivity contribution in [1.82, 2.24) is 0 Å². The van der Waals surface area contributed by atoms with E-state index >= 15 is 0 Å². The van der Waals surface area contributed by atoms with Crippen LogP contribution in [0, 0.1) is 0 Å². The minimum atomic E-state index is 0.550. The van der Waals surface area contributed by atoms with E-state index in [9.17, 15) is 0 Å². The number of rotatable bonds is 0. The Morgan fingerprint density at radius 3 is 1.80 bits per heavy atom. The van der Waals surface area contributed by atoms with Crippen molar-refractivity contribution in [2.24, 2.45) is 0 Å². The third-order valence-corrected chi connectivity index (χ3v) is 3.21.